The molecule has 4 rings (SSSR count). The van der Waals surface area contributed by atoms with Crippen molar-refractivity contribution in [3.05, 3.63) is 78.8 Å². The van der Waals surface area contributed by atoms with E-state index >= 15 is 0 Å². The van der Waals surface area contributed by atoms with Crippen LogP contribution in [-0.2, 0) is 13.6 Å². The van der Waals surface area contributed by atoms with Crippen LogP contribution < -0.4 is 4.90 Å². The highest BCUT2D eigenvalue weighted by molar-refractivity contribution is 5.89. The summed E-state index contributed by atoms with van der Waals surface area (Å²) in [6.07, 6.45) is 3.42. The number of fused-ring (bicyclic) bond motifs is 1. The molecule has 0 aliphatic carbocycles. The molecule has 0 fully saturated rings. The van der Waals surface area contributed by atoms with Crippen molar-refractivity contribution in [2.75, 3.05) is 4.90 Å². The van der Waals surface area contributed by atoms with Crippen LogP contribution in [0, 0.1) is 0 Å². The predicted octanol–water partition coefficient (Wildman–Crippen LogP) is 3.70. The number of aryl methyl sites for hydroxylation is 1. The fourth-order valence-electron chi connectivity index (χ4n) is 2.83. The van der Waals surface area contributed by atoms with E-state index in [-0.39, 0.29) is 0 Å². The molecule has 0 radical (unpaired) electrons. The fraction of sp³-hybridized carbons (Fsp3) is 0.105. The van der Waals surface area contributed by atoms with E-state index in [0.717, 1.165) is 29.1 Å². The van der Waals surface area contributed by atoms with Crippen LogP contribution in [0.5, 0.6) is 0 Å². The lowest BCUT2D eigenvalue weighted by Crippen LogP contribution is -2.18. The number of hydrogen-bond acceptors (Lipinski definition) is 4. The van der Waals surface area contributed by atoms with Crippen LogP contribution in [-0.4, -0.2) is 19.7 Å². The Morgan fingerprint density at radius 1 is 0.917 bits per heavy atom. The lowest BCUT2D eigenvalue weighted by Gasteiger charge is -2.24. The predicted molar refractivity (Wildman–Crippen MR) is 95.0 cm³/mol. The molecule has 0 saturated carbocycles. The first-order valence-corrected chi connectivity index (χ1v) is 7.82. The van der Waals surface area contributed by atoms with Crippen LogP contribution >= 0.6 is 0 Å². The molecule has 0 N–H and O–H groups in total. The third-order valence-corrected chi connectivity index (χ3v) is 4.02. The molecule has 0 atom stereocenters. The molecule has 0 saturated heterocycles. The molecular weight excluding hydrogens is 298 g/mol. The van der Waals surface area contributed by atoms with Crippen molar-refractivity contribution in [3.63, 3.8) is 0 Å². The van der Waals surface area contributed by atoms with E-state index in [0.29, 0.717) is 0 Å². The number of anilines is 2. The molecular formula is C19H17N5. The molecule has 2 aromatic carbocycles. The molecule has 2 aromatic heterocycles. The monoisotopic (exact) mass is 315 g/mol. The quantitative estimate of drug-likeness (QED) is 0.576. The number of para-hydroxylation sites is 1. The smallest absolute Gasteiger partial charge is 0.163 e. The standard InChI is InChI=1S/C19H17N5/c1-23-18-17(12-22-23)19(21-14-20-18)24(16-10-6-3-7-11-16)13-15-8-4-2-5-9-15/h2-12,14H,13H2,1H3. The zero-order valence-electron chi connectivity index (χ0n) is 13.4. The van der Waals surface area contributed by atoms with Gasteiger partial charge in [0.05, 0.1) is 11.6 Å². The molecule has 5 heteroatoms. The third kappa shape index (κ3) is 2.60. The Kier molecular flexibility index (Phi) is 3.67. The first kappa shape index (κ1) is 14.4. The molecule has 0 aliphatic heterocycles. The molecule has 0 amide bonds. The van der Waals surface area contributed by atoms with E-state index in [2.05, 4.69) is 56.4 Å². The van der Waals surface area contributed by atoms with Gasteiger partial charge in [-0.05, 0) is 17.7 Å². The number of benzene rings is 2. The second kappa shape index (κ2) is 6.12. The summed E-state index contributed by atoms with van der Waals surface area (Å²) in [5.74, 6) is 0.864. The van der Waals surface area contributed by atoms with Gasteiger partial charge in [0.2, 0.25) is 0 Å². The highest BCUT2D eigenvalue weighted by Crippen LogP contribution is 2.30. The van der Waals surface area contributed by atoms with Crippen molar-refractivity contribution in [1.29, 1.82) is 0 Å². The normalized spacial score (nSPS) is 10.9. The zero-order chi connectivity index (χ0) is 16.4. The minimum Gasteiger partial charge on any atom is -0.321 e. The summed E-state index contributed by atoms with van der Waals surface area (Å²) < 4.78 is 1.77. The zero-order valence-corrected chi connectivity index (χ0v) is 13.4. The summed E-state index contributed by atoms with van der Waals surface area (Å²) in [6, 6.07) is 20.7. The van der Waals surface area contributed by atoms with Gasteiger partial charge in [-0.1, -0.05) is 48.5 Å². The van der Waals surface area contributed by atoms with Gasteiger partial charge in [0, 0.05) is 19.3 Å². The van der Waals surface area contributed by atoms with Crippen LogP contribution in [0.25, 0.3) is 11.0 Å². The highest BCUT2D eigenvalue weighted by Gasteiger charge is 2.16. The Balaban J connectivity index is 1.85. The van der Waals surface area contributed by atoms with Gasteiger partial charge >= 0.3 is 0 Å². The van der Waals surface area contributed by atoms with E-state index in [1.54, 1.807) is 11.0 Å². The van der Waals surface area contributed by atoms with Crippen LogP contribution in [0.4, 0.5) is 11.5 Å². The summed E-state index contributed by atoms with van der Waals surface area (Å²) in [5, 5.41) is 5.27. The molecule has 5 nitrogen and oxygen atoms in total. The van der Waals surface area contributed by atoms with E-state index in [9.17, 15) is 0 Å². The SMILES string of the molecule is Cn1ncc2c(N(Cc3ccccc3)c3ccccc3)ncnc21. The average molecular weight is 315 g/mol. The van der Waals surface area contributed by atoms with Crippen LogP contribution in [0.15, 0.2) is 73.2 Å². The minimum atomic E-state index is 0.728. The first-order chi connectivity index (χ1) is 11.8. The topological polar surface area (TPSA) is 46.8 Å². The van der Waals surface area contributed by atoms with Crippen molar-refractivity contribution in [2.45, 2.75) is 6.54 Å². The fourth-order valence-corrected chi connectivity index (χ4v) is 2.83. The molecule has 0 bridgehead atoms. The third-order valence-electron chi connectivity index (χ3n) is 4.02. The van der Waals surface area contributed by atoms with E-state index in [1.807, 2.05) is 37.5 Å². The Morgan fingerprint density at radius 2 is 1.62 bits per heavy atom. The van der Waals surface area contributed by atoms with Gasteiger partial charge in [-0.25, -0.2) is 9.97 Å². The second-order valence-corrected chi connectivity index (χ2v) is 5.61. The van der Waals surface area contributed by atoms with Gasteiger partial charge in [0.25, 0.3) is 0 Å². The van der Waals surface area contributed by atoms with E-state index < -0.39 is 0 Å². The van der Waals surface area contributed by atoms with Gasteiger partial charge in [-0.3, -0.25) is 4.68 Å². The van der Waals surface area contributed by atoms with Crippen molar-refractivity contribution in [1.82, 2.24) is 19.7 Å². The van der Waals surface area contributed by atoms with Crippen LogP contribution in [0.2, 0.25) is 0 Å². The van der Waals surface area contributed by atoms with Crippen molar-refractivity contribution < 1.29 is 0 Å². The van der Waals surface area contributed by atoms with E-state index in [1.165, 1.54) is 5.56 Å². The Labute approximate surface area is 140 Å². The number of aromatic nitrogens is 4. The highest BCUT2D eigenvalue weighted by atomic mass is 15.3. The summed E-state index contributed by atoms with van der Waals surface area (Å²) in [6.45, 7) is 0.728. The molecule has 2 heterocycles. The Hall–Kier alpha value is -3.21. The summed E-state index contributed by atoms with van der Waals surface area (Å²) >= 11 is 0. The molecule has 118 valence electrons. The van der Waals surface area contributed by atoms with Gasteiger partial charge in [0.15, 0.2) is 5.65 Å². The van der Waals surface area contributed by atoms with Gasteiger partial charge in [-0.15, -0.1) is 0 Å². The molecule has 0 aliphatic rings. The van der Waals surface area contributed by atoms with Crippen molar-refractivity contribution in [3.8, 4) is 0 Å². The maximum atomic E-state index is 4.55. The maximum Gasteiger partial charge on any atom is 0.163 e. The molecule has 24 heavy (non-hydrogen) atoms. The largest absolute Gasteiger partial charge is 0.321 e. The van der Waals surface area contributed by atoms with Crippen molar-refractivity contribution >= 4 is 22.5 Å². The summed E-state index contributed by atoms with van der Waals surface area (Å²) in [7, 11) is 1.89. The van der Waals surface area contributed by atoms with Crippen molar-refractivity contribution in [2.24, 2.45) is 7.05 Å². The lowest BCUT2D eigenvalue weighted by molar-refractivity contribution is 0.785. The Bertz CT molecular complexity index is 947. The molecule has 0 spiro atoms. The number of rotatable bonds is 4. The lowest BCUT2D eigenvalue weighted by atomic mass is 10.2. The van der Waals surface area contributed by atoms with Crippen LogP contribution in [0.1, 0.15) is 5.56 Å². The van der Waals surface area contributed by atoms with Gasteiger partial charge in [-0.2, -0.15) is 5.10 Å². The number of nitrogens with zero attached hydrogens (tertiary/aromatic N) is 5. The summed E-state index contributed by atoms with van der Waals surface area (Å²) in [5.41, 5.74) is 3.14. The van der Waals surface area contributed by atoms with Gasteiger partial charge in [0.1, 0.15) is 12.1 Å². The summed E-state index contributed by atoms with van der Waals surface area (Å²) in [4.78, 5) is 11.1. The number of hydrogen-bond donors (Lipinski definition) is 0. The minimum absolute atomic E-state index is 0.728. The molecule has 0 unspecified atom stereocenters. The van der Waals surface area contributed by atoms with E-state index in [4.69, 9.17) is 0 Å². The Morgan fingerprint density at radius 3 is 2.38 bits per heavy atom. The average Bonchev–Trinajstić information content (AvgIpc) is 3.03. The first-order valence-electron chi connectivity index (χ1n) is 7.82. The van der Waals surface area contributed by atoms with Crippen LogP contribution in [0.3, 0.4) is 0 Å². The second-order valence-electron chi connectivity index (χ2n) is 5.61. The molecule has 4 aromatic rings. The van der Waals surface area contributed by atoms with Gasteiger partial charge < -0.3 is 4.90 Å². The maximum absolute atomic E-state index is 4.55.